The first-order valence-corrected chi connectivity index (χ1v) is 19.5. The Labute approximate surface area is 351 Å². The van der Waals surface area contributed by atoms with Crippen LogP contribution in [0.3, 0.4) is 0 Å². The lowest BCUT2D eigenvalue weighted by Gasteiger charge is -2.09. The number of para-hydroxylation sites is 1. The predicted molar refractivity (Wildman–Crippen MR) is 231 cm³/mol. The molecule has 0 amide bonds. The maximum atomic E-state index is 13.0. The summed E-state index contributed by atoms with van der Waals surface area (Å²) in [6.07, 6.45) is 8.25. The van der Waals surface area contributed by atoms with E-state index in [0.717, 1.165) is 21.3 Å². The summed E-state index contributed by atoms with van der Waals surface area (Å²) in [4.78, 5) is 53.2. The molecule has 14 heteroatoms. The number of rotatable bonds is 21. The molecule has 13 nitrogen and oxygen atoms in total. The highest BCUT2D eigenvalue weighted by molar-refractivity contribution is 7.22. The summed E-state index contributed by atoms with van der Waals surface area (Å²) in [6, 6.07) is 26.4. The van der Waals surface area contributed by atoms with Crippen LogP contribution in [0.4, 0.5) is 5.13 Å². The molecule has 60 heavy (non-hydrogen) atoms. The number of fused-ring (bicyclic) bond motifs is 1. The summed E-state index contributed by atoms with van der Waals surface area (Å²) >= 11 is 1.42. The van der Waals surface area contributed by atoms with Gasteiger partial charge in [0.15, 0.2) is 0 Å². The van der Waals surface area contributed by atoms with Gasteiger partial charge in [-0.1, -0.05) is 60.9 Å². The molecule has 1 heterocycles. The van der Waals surface area contributed by atoms with Gasteiger partial charge >= 0.3 is 23.9 Å². The van der Waals surface area contributed by atoms with Gasteiger partial charge < -0.3 is 28.4 Å². The molecule has 0 aliphatic carbocycles. The molecule has 5 rings (SSSR count). The fraction of sp³-hybridized carbons (Fsp3) is 0.174. The van der Waals surface area contributed by atoms with Crippen molar-refractivity contribution in [1.29, 1.82) is 0 Å². The normalized spacial score (nSPS) is 11.1. The Morgan fingerprint density at radius 1 is 0.683 bits per heavy atom. The van der Waals surface area contributed by atoms with Gasteiger partial charge in [0.1, 0.15) is 23.0 Å². The number of hydrogen-bond acceptors (Lipinski definition) is 14. The van der Waals surface area contributed by atoms with E-state index in [-0.39, 0.29) is 24.7 Å². The van der Waals surface area contributed by atoms with Crippen LogP contribution < -0.4 is 24.4 Å². The number of benzene rings is 4. The molecule has 0 unspecified atom stereocenters. The van der Waals surface area contributed by atoms with Crippen LogP contribution in [0.2, 0.25) is 0 Å². The second-order valence-corrected chi connectivity index (χ2v) is 14.0. The Kier molecular flexibility index (Phi) is 16.5. The lowest BCUT2D eigenvalue weighted by molar-refractivity contribution is -0.140. The third-order valence-corrected chi connectivity index (χ3v) is 8.87. The van der Waals surface area contributed by atoms with E-state index in [1.807, 2.05) is 24.3 Å². The van der Waals surface area contributed by atoms with Gasteiger partial charge in [-0.2, -0.15) is 5.10 Å². The van der Waals surface area contributed by atoms with Crippen molar-refractivity contribution < 1.29 is 47.6 Å². The fourth-order valence-electron chi connectivity index (χ4n) is 4.91. The van der Waals surface area contributed by atoms with Gasteiger partial charge in [-0.3, -0.25) is 5.43 Å². The van der Waals surface area contributed by atoms with E-state index in [0.29, 0.717) is 59.4 Å². The van der Waals surface area contributed by atoms with Crippen LogP contribution in [0, 0.1) is 0 Å². The fourth-order valence-corrected chi connectivity index (χ4v) is 5.72. The Bertz CT molecular complexity index is 2370. The van der Waals surface area contributed by atoms with Crippen molar-refractivity contribution in [2.24, 2.45) is 5.10 Å². The SMILES string of the molecule is C=C(C)C(=O)OCCCOc1ccc(/C=C/C(=O)Oc2ccc(OC(=O)/C=C/c3ccc(OCCCOC(=O)C(=C)C)cc3)c(/C=N/Nc3nc4ccccc4s3)c2)cc1. The summed E-state index contributed by atoms with van der Waals surface area (Å²) in [5, 5.41) is 4.86. The van der Waals surface area contributed by atoms with Gasteiger partial charge in [-0.05, 0) is 91.7 Å². The first kappa shape index (κ1) is 43.8. The van der Waals surface area contributed by atoms with Crippen LogP contribution in [0.25, 0.3) is 22.4 Å². The van der Waals surface area contributed by atoms with E-state index < -0.39 is 23.9 Å². The largest absolute Gasteiger partial charge is 0.493 e. The van der Waals surface area contributed by atoms with Crippen molar-refractivity contribution in [1.82, 2.24) is 4.98 Å². The number of carbonyl (C=O) groups excluding carboxylic acids is 4. The minimum absolute atomic E-state index is 0.169. The number of nitrogens with one attached hydrogen (secondary N) is 1. The van der Waals surface area contributed by atoms with Gasteiger partial charge in [-0.15, -0.1) is 0 Å². The standard InChI is InChI=1S/C46H43N3O10S/c1-31(2)44(52)56-27-7-25-54-36-17-11-33(12-18-36)15-23-42(50)58-38-21-22-40(35(29-38)30-47-49-46-48-39-9-5-6-10-41(39)60-46)59-43(51)24-16-34-13-19-37(20-14-34)55-26-8-28-57-45(53)32(3)4/h5-6,9-24,29-30H,1,3,7-8,25-28H2,2,4H3,(H,48,49)/b23-15+,24-16+,47-30+. The molecule has 308 valence electrons. The number of aromatic nitrogens is 1. The lowest BCUT2D eigenvalue weighted by Crippen LogP contribution is -2.09. The Balaban J connectivity index is 1.17. The zero-order chi connectivity index (χ0) is 42.7. The van der Waals surface area contributed by atoms with Crippen LogP contribution in [0.1, 0.15) is 43.4 Å². The molecule has 0 radical (unpaired) electrons. The van der Waals surface area contributed by atoms with E-state index >= 15 is 0 Å². The van der Waals surface area contributed by atoms with Crippen LogP contribution >= 0.6 is 11.3 Å². The number of hydrogen-bond donors (Lipinski definition) is 1. The van der Waals surface area contributed by atoms with Crippen molar-refractivity contribution >= 4 is 68.9 Å². The van der Waals surface area contributed by atoms with Crippen molar-refractivity contribution in [3.05, 3.63) is 144 Å². The van der Waals surface area contributed by atoms with Gasteiger partial charge in [0, 0.05) is 41.7 Å². The molecule has 4 aromatic carbocycles. The summed E-state index contributed by atoms with van der Waals surface area (Å²) in [5.41, 5.74) is 6.23. The minimum Gasteiger partial charge on any atom is -0.493 e. The summed E-state index contributed by atoms with van der Waals surface area (Å²) in [5.74, 6) is -0.552. The topological polar surface area (TPSA) is 161 Å². The highest BCUT2D eigenvalue weighted by Crippen LogP contribution is 2.27. The van der Waals surface area contributed by atoms with E-state index in [9.17, 15) is 19.2 Å². The number of hydrazone groups is 1. The van der Waals surface area contributed by atoms with Gasteiger partial charge in [0.2, 0.25) is 5.13 Å². The molecule has 0 fully saturated rings. The molecule has 1 N–H and O–H groups in total. The molecule has 0 bridgehead atoms. The van der Waals surface area contributed by atoms with Crippen molar-refractivity contribution in [3.63, 3.8) is 0 Å². The van der Waals surface area contributed by atoms with E-state index in [1.165, 1.54) is 47.9 Å². The zero-order valence-electron chi connectivity index (χ0n) is 33.1. The van der Waals surface area contributed by atoms with Gasteiger partial charge in [-0.25, -0.2) is 24.2 Å². The number of nitrogens with zero attached hydrogens (tertiary/aromatic N) is 2. The van der Waals surface area contributed by atoms with E-state index in [4.69, 9.17) is 28.4 Å². The maximum absolute atomic E-state index is 13.0. The summed E-state index contributed by atoms with van der Waals surface area (Å²) in [7, 11) is 0. The van der Waals surface area contributed by atoms with Gasteiger partial charge in [0.25, 0.3) is 0 Å². The molecule has 0 saturated heterocycles. The summed E-state index contributed by atoms with van der Waals surface area (Å²) < 4.78 is 33.7. The van der Waals surface area contributed by atoms with Crippen molar-refractivity contribution in [3.8, 4) is 23.0 Å². The van der Waals surface area contributed by atoms with Gasteiger partial charge in [0.05, 0.1) is 42.9 Å². The molecule has 0 aliphatic rings. The molecule has 0 spiro atoms. The maximum Gasteiger partial charge on any atom is 0.336 e. The number of esters is 4. The Morgan fingerprint density at radius 3 is 1.77 bits per heavy atom. The van der Waals surface area contributed by atoms with Crippen molar-refractivity contribution in [2.75, 3.05) is 31.9 Å². The highest BCUT2D eigenvalue weighted by Gasteiger charge is 2.11. The molecule has 0 saturated carbocycles. The number of thiazole rings is 1. The minimum atomic E-state index is -0.651. The molecule has 1 aromatic heterocycles. The predicted octanol–water partition coefficient (Wildman–Crippen LogP) is 8.76. The summed E-state index contributed by atoms with van der Waals surface area (Å²) in [6.45, 7) is 11.4. The Morgan fingerprint density at radius 2 is 1.22 bits per heavy atom. The smallest absolute Gasteiger partial charge is 0.336 e. The second kappa shape index (κ2) is 22.6. The monoisotopic (exact) mass is 829 g/mol. The van der Waals surface area contributed by atoms with E-state index in [2.05, 4.69) is 28.7 Å². The molecule has 5 aromatic rings. The number of anilines is 1. The highest BCUT2D eigenvalue weighted by atomic mass is 32.1. The quantitative estimate of drug-likeness (QED) is 0.0187. The lowest BCUT2D eigenvalue weighted by atomic mass is 10.2. The molecule has 0 atom stereocenters. The number of carbonyl (C=O) groups is 4. The zero-order valence-corrected chi connectivity index (χ0v) is 33.9. The molecule has 0 aliphatic heterocycles. The Hall–Kier alpha value is -7.32. The van der Waals surface area contributed by atoms with Crippen LogP contribution in [0.15, 0.2) is 133 Å². The van der Waals surface area contributed by atoms with E-state index in [1.54, 1.807) is 74.5 Å². The average Bonchev–Trinajstić information content (AvgIpc) is 3.66. The first-order valence-electron chi connectivity index (χ1n) is 18.7. The van der Waals surface area contributed by atoms with Crippen molar-refractivity contribution in [2.45, 2.75) is 26.7 Å². The van der Waals surface area contributed by atoms with Crippen LogP contribution in [-0.4, -0.2) is 61.5 Å². The average molecular weight is 830 g/mol. The third kappa shape index (κ3) is 14.6. The first-order chi connectivity index (χ1) is 29.0. The molecular weight excluding hydrogens is 787 g/mol. The second-order valence-electron chi connectivity index (χ2n) is 12.9. The van der Waals surface area contributed by atoms with Crippen LogP contribution in [0.5, 0.6) is 23.0 Å². The van der Waals surface area contributed by atoms with Crippen LogP contribution in [-0.2, 0) is 28.7 Å². The number of ether oxygens (including phenoxy) is 6. The third-order valence-electron chi connectivity index (χ3n) is 7.93. The molecular formula is C46H43N3O10S.